The van der Waals surface area contributed by atoms with Gasteiger partial charge in [0.1, 0.15) is 0 Å². The van der Waals surface area contributed by atoms with Crippen LogP contribution in [0.25, 0.3) is 0 Å². The maximum atomic E-state index is 10.7. The molecule has 0 spiro atoms. The van der Waals surface area contributed by atoms with Gasteiger partial charge in [-0.15, -0.1) is 0 Å². The average Bonchev–Trinajstić information content (AvgIpc) is 2.86. The SMILES string of the molecule is O=[N+]([O-])c1cccc(Cc2ccc3c(c2)OCO3)c1. The molecule has 0 saturated heterocycles. The lowest BCUT2D eigenvalue weighted by Gasteiger charge is -2.03. The van der Waals surface area contributed by atoms with Gasteiger partial charge in [0.25, 0.3) is 5.69 Å². The lowest BCUT2D eigenvalue weighted by molar-refractivity contribution is -0.384. The zero-order valence-electron chi connectivity index (χ0n) is 10.0. The highest BCUT2D eigenvalue weighted by molar-refractivity contribution is 5.46. The molecule has 0 aliphatic carbocycles. The molecule has 0 radical (unpaired) electrons. The molecule has 0 atom stereocenters. The van der Waals surface area contributed by atoms with E-state index in [0.29, 0.717) is 6.42 Å². The molecule has 2 aromatic rings. The van der Waals surface area contributed by atoms with Crippen LogP contribution in [0.1, 0.15) is 11.1 Å². The first-order valence-corrected chi connectivity index (χ1v) is 5.84. The van der Waals surface area contributed by atoms with Gasteiger partial charge in [0, 0.05) is 12.1 Å². The number of non-ortho nitro benzene ring substituents is 1. The first-order chi connectivity index (χ1) is 9.22. The second kappa shape index (κ2) is 4.61. The number of benzene rings is 2. The summed E-state index contributed by atoms with van der Waals surface area (Å²) in [5, 5.41) is 10.7. The Morgan fingerprint density at radius 1 is 1.05 bits per heavy atom. The lowest BCUT2D eigenvalue weighted by Crippen LogP contribution is -1.93. The van der Waals surface area contributed by atoms with Crippen molar-refractivity contribution in [3.05, 3.63) is 63.7 Å². The predicted molar refractivity (Wildman–Crippen MR) is 68.5 cm³/mol. The maximum absolute atomic E-state index is 10.7. The summed E-state index contributed by atoms with van der Waals surface area (Å²) in [4.78, 5) is 10.3. The van der Waals surface area contributed by atoms with Gasteiger partial charge in [0.15, 0.2) is 11.5 Å². The van der Waals surface area contributed by atoms with Gasteiger partial charge in [-0.3, -0.25) is 10.1 Å². The molecular formula is C14H11NO4. The standard InChI is InChI=1S/C14H11NO4/c16-15(17)12-3-1-2-10(7-12)6-11-4-5-13-14(8-11)19-9-18-13/h1-5,7-8H,6,9H2. The van der Waals surface area contributed by atoms with Crippen molar-refractivity contribution >= 4 is 5.69 Å². The van der Waals surface area contributed by atoms with Crippen LogP contribution < -0.4 is 9.47 Å². The van der Waals surface area contributed by atoms with Crippen molar-refractivity contribution in [2.24, 2.45) is 0 Å². The van der Waals surface area contributed by atoms with Crippen LogP contribution in [0.15, 0.2) is 42.5 Å². The summed E-state index contributed by atoms with van der Waals surface area (Å²) in [7, 11) is 0. The fourth-order valence-corrected chi connectivity index (χ4v) is 2.07. The Labute approximate surface area is 109 Å². The fraction of sp³-hybridized carbons (Fsp3) is 0.143. The van der Waals surface area contributed by atoms with E-state index in [1.165, 1.54) is 6.07 Å². The summed E-state index contributed by atoms with van der Waals surface area (Å²) in [6, 6.07) is 12.3. The Hall–Kier alpha value is -2.56. The minimum atomic E-state index is -0.386. The Morgan fingerprint density at radius 2 is 1.84 bits per heavy atom. The number of nitro groups is 1. The topological polar surface area (TPSA) is 61.6 Å². The van der Waals surface area contributed by atoms with E-state index < -0.39 is 0 Å². The molecule has 5 heteroatoms. The van der Waals surface area contributed by atoms with Gasteiger partial charge in [-0.05, 0) is 29.7 Å². The second-order valence-electron chi connectivity index (χ2n) is 4.29. The minimum Gasteiger partial charge on any atom is -0.454 e. The van der Waals surface area contributed by atoms with E-state index in [-0.39, 0.29) is 17.4 Å². The van der Waals surface area contributed by atoms with Crippen LogP contribution in [0.2, 0.25) is 0 Å². The average molecular weight is 257 g/mol. The first-order valence-electron chi connectivity index (χ1n) is 5.84. The van der Waals surface area contributed by atoms with Crippen molar-refractivity contribution in [2.45, 2.75) is 6.42 Å². The van der Waals surface area contributed by atoms with E-state index >= 15 is 0 Å². The molecule has 2 aromatic carbocycles. The number of rotatable bonds is 3. The van der Waals surface area contributed by atoms with Crippen molar-refractivity contribution in [1.82, 2.24) is 0 Å². The molecule has 3 rings (SSSR count). The highest BCUT2D eigenvalue weighted by atomic mass is 16.7. The molecular weight excluding hydrogens is 246 g/mol. The van der Waals surface area contributed by atoms with E-state index in [2.05, 4.69) is 0 Å². The summed E-state index contributed by atoms with van der Waals surface area (Å²) >= 11 is 0. The molecule has 19 heavy (non-hydrogen) atoms. The van der Waals surface area contributed by atoms with Crippen molar-refractivity contribution in [3.63, 3.8) is 0 Å². The van der Waals surface area contributed by atoms with Crippen molar-refractivity contribution in [3.8, 4) is 11.5 Å². The first kappa shape index (κ1) is 11.5. The van der Waals surface area contributed by atoms with Crippen LogP contribution in [0, 0.1) is 10.1 Å². The zero-order valence-corrected chi connectivity index (χ0v) is 10.0. The number of nitrogens with zero attached hydrogens (tertiary/aromatic N) is 1. The molecule has 0 aromatic heterocycles. The molecule has 0 bridgehead atoms. The van der Waals surface area contributed by atoms with Crippen LogP contribution in [0.3, 0.4) is 0 Å². The highest BCUT2D eigenvalue weighted by Crippen LogP contribution is 2.33. The Balaban J connectivity index is 1.85. The molecule has 0 saturated carbocycles. The number of ether oxygens (including phenoxy) is 2. The number of nitro benzene ring substituents is 1. The van der Waals surface area contributed by atoms with E-state index in [0.717, 1.165) is 22.6 Å². The van der Waals surface area contributed by atoms with Gasteiger partial charge in [0.2, 0.25) is 6.79 Å². The molecule has 96 valence electrons. The normalized spacial score (nSPS) is 12.4. The number of fused-ring (bicyclic) bond motifs is 1. The van der Waals surface area contributed by atoms with Crippen LogP contribution in [0.4, 0.5) is 5.69 Å². The molecule has 5 nitrogen and oxygen atoms in total. The third kappa shape index (κ3) is 2.35. The minimum absolute atomic E-state index is 0.109. The quantitative estimate of drug-likeness (QED) is 0.626. The van der Waals surface area contributed by atoms with Crippen molar-refractivity contribution in [1.29, 1.82) is 0 Å². The van der Waals surface area contributed by atoms with Gasteiger partial charge in [0.05, 0.1) is 4.92 Å². The van der Waals surface area contributed by atoms with Gasteiger partial charge >= 0.3 is 0 Å². The maximum Gasteiger partial charge on any atom is 0.269 e. The van der Waals surface area contributed by atoms with Crippen LogP contribution in [0.5, 0.6) is 11.5 Å². The zero-order chi connectivity index (χ0) is 13.2. The van der Waals surface area contributed by atoms with E-state index in [4.69, 9.17) is 9.47 Å². The number of hydrogen-bond donors (Lipinski definition) is 0. The third-order valence-corrected chi connectivity index (χ3v) is 2.97. The van der Waals surface area contributed by atoms with Gasteiger partial charge in [-0.25, -0.2) is 0 Å². The Kier molecular flexibility index (Phi) is 2.79. The molecule has 0 fully saturated rings. The molecule has 1 heterocycles. The van der Waals surface area contributed by atoms with Gasteiger partial charge in [-0.1, -0.05) is 18.2 Å². The van der Waals surface area contributed by atoms with Crippen LogP contribution in [-0.4, -0.2) is 11.7 Å². The smallest absolute Gasteiger partial charge is 0.269 e. The largest absolute Gasteiger partial charge is 0.454 e. The van der Waals surface area contributed by atoms with E-state index in [1.807, 2.05) is 24.3 Å². The summed E-state index contributed by atoms with van der Waals surface area (Å²) < 4.78 is 10.6. The highest BCUT2D eigenvalue weighted by Gasteiger charge is 2.13. The lowest BCUT2D eigenvalue weighted by atomic mass is 10.0. The Bertz CT molecular complexity index is 639. The second-order valence-corrected chi connectivity index (χ2v) is 4.29. The third-order valence-electron chi connectivity index (χ3n) is 2.97. The Morgan fingerprint density at radius 3 is 2.68 bits per heavy atom. The van der Waals surface area contributed by atoms with Crippen molar-refractivity contribution < 1.29 is 14.4 Å². The molecule has 0 unspecified atom stereocenters. The van der Waals surface area contributed by atoms with Gasteiger partial charge < -0.3 is 9.47 Å². The van der Waals surface area contributed by atoms with E-state index in [1.54, 1.807) is 12.1 Å². The van der Waals surface area contributed by atoms with Crippen LogP contribution in [-0.2, 0) is 6.42 Å². The molecule has 1 aliphatic heterocycles. The van der Waals surface area contributed by atoms with E-state index in [9.17, 15) is 10.1 Å². The van der Waals surface area contributed by atoms with Crippen LogP contribution >= 0.6 is 0 Å². The molecule has 0 amide bonds. The summed E-state index contributed by atoms with van der Waals surface area (Å²) in [6.07, 6.45) is 0.623. The molecule has 0 N–H and O–H groups in total. The summed E-state index contributed by atoms with van der Waals surface area (Å²) in [5.74, 6) is 1.46. The van der Waals surface area contributed by atoms with Crippen molar-refractivity contribution in [2.75, 3.05) is 6.79 Å². The van der Waals surface area contributed by atoms with Gasteiger partial charge in [-0.2, -0.15) is 0 Å². The predicted octanol–water partition coefficient (Wildman–Crippen LogP) is 2.91. The monoisotopic (exact) mass is 257 g/mol. The number of hydrogen-bond acceptors (Lipinski definition) is 4. The summed E-state index contributed by atoms with van der Waals surface area (Å²) in [5.41, 5.74) is 2.04. The molecule has 1 aliphatic rings. The summed E-state index contributed by atoms with van der Waals surface area (Å²) in [6.45, 7) is 0.246. The fourth-order valence-electron chi connectivity index (χ4n) is 2.07.